The van der Waals surface area contributed by atoms with E-state index >= 15 is 0 Å². The second kappa shape index (κ2) is 4.17. The number of methoxy groups -OCH3 is 1. The molecule has 0 unspecified atom stereocenters. The Morgan fingerprint density at radius 1 is 1.37 bits per heavy atom. The fourth-order valence-electron chi connectivity index (χ4n) is 1.96. The maximum absolute atomic E-state index is 12.1. The van der Waals surface area contributed by atoms with Crippen LogP contribution in [0.5, 0.6) is 0 Å². The van der Waals surface area contributed by atoms with Crippen LogP contribution in [0.2, 0.25) is 0 Å². The number of aryl methyl sites for hydroxylation is 1. The van der Waals surface area contributed by atoms with Crippen LogP contribution in [0.1, 0.15) is 15.2 Å². The van der Waals surface area contributed by atoms with E-state index < -0.39 is 5.97 Å². The molecule has 0 N–H and O–H groups in total. The Hall–Kier alpha value is -2.21. The van der Waals surface area contributed by atoms with Crippen molar-refractivity contribution < 1.29 is 9.53 Å². The molecule has 96 valence electrons. The normalized spacial score (nSPS) is 11.1. The molecule has 0 saturated carbocycles. The van der Waals surface area contributed by atoms with E-state index in [-0.39, 0.29) is 10.4 Å². The molecule has 2 aromatic heterocycles. The number of esters is 1. The van der Waals surface area contributed by atoms with Gasteiger partial charge in [-0.15, -0.1) is 0 Å². The van der Waals surface area contributed by atoms with E-state index in [9.17, 15) is 9.59 Å². The summed E-state index contributed by atoms with van der Waals surface area (Å²) in [6.45, 7) is 1.96. The highest BCUT2D eigenvalue weighted by atomic mass is 32.1. The number of benzene rings is 1. The van der Waals surface area contributed by atoms with Crippen LogP contribution < -0.4 is 5.56 Å². The van der Waals surface area contributed by atoms with Crippen molar-refractivity contribution in [2.45, 2.75) is 6.92 Å². The molecule has 6 heteroatoms. The first-order valence-corrected chi connectivity index (χ1v) is 6.43. The van der Waals surface area contributed by atoms with Crippen LogP contribution in [0.3, 0.4) is 0 Å². The van der Waals surface area contributed by atoms with E-state index in [4.69, 9.17) is 0 Å². The lowest BCUT2D eigenvalue weighted by molar-refractivity contribution is 0.0606. The molecule has 0 bridgehead atoms. The molecule has 19 heavy (non-hydrogen) atoms. The highest BCUT2D eigenvalue weighted by Gasteiger charge is 2.14. The van der Waals surface area contributed by atoms with Crippen LogP contribution in [-0.4, -0.2) is 22.5 Å². The molecule has 0 saturated heterocycles. The van der Waals surface area contributed by atoms with Crippen molar-refractivity contribution in [2.75, 3.05) is 7.11 Å². The van der Waals surface area contributed by atoms with E-state index in [0.29, 0.717) is 4.96 Å². The van der Waals surface area contributed by atoms with Crippen molar-refractivity contribution in [3.63, 3.8) is 0 Å². The Bertz CT molecular complexity index is 863. The smallest absolute Gasteiger partial charge is 0.348 e. The molecule has 0 aliphatic heterocycles. The summed E-state index contributed by atoms with van der Waals surface area (Å²) in [7, 11) is 1.29. The zero-order valence-corrected chi connectivity index (χ0v) is 11.2. The van der Waals surface area contributed by atoms with Gasteiger partial charge in [0.2, 0.25) is 0 Å². The van der Waals surface area contributed by atoms with Gasteiger partial charge < -0.3 is 4.74 Å². The number of rotatable bonds is 1. The summed E-state index contributed by atoms with van der Waals surface area (Å²) in [6, 6.07) is 6.97. The third-order valence-electron chi connectivity index (χ3n) is 2.84. The van der Waals surface area contributed by atoms with Gasteiger partial charge in [0.15, 0.2) is 4.96 Å². The number of fused-ring (bicyclic) bond motifs is 3. The Labute approximate surface area is 112 Å². The van der Waals surface area contributed by atoms with Crippen molar-refractivity contribution in [1.82, 2.24) is 9.38 Å². The van der Waals surface area contributed by atoms with E-state index in [2.05, 4.69) is 9.72 Å². The summed E-state index contributed by atoms with van der Waals surface area (Å²) in [6.07, 6.45) is 0. The Kier molecular flexibility index (Phi) is 2.60. The van der Waals surface area contributed by atoms with Gasteiger partial charge in [-0.05, 0) is 24.6 Å². The molecule has 0 amide bonds. The standard InChI is InChI=1S/C13H10N2O3S/c1-7-3-4-9-8(5-7)14-13-15(9)11(16)6-10(19-13)12(17)18-2/h3-6H,1-2H3. The molecule has 5 nitrogen and oxygen atoms in total. The van der Waals surface area contributed by atoms with Crippen LogP contribution in [0.25, 0.3) is 16.0 Å². The number of carbonyl (C=O) groups excluding carboxylic acids is 1. The molecule has 2 heterocycles. The molecule has 3 rings (SSSR count). The molecule has 1 aromatic carbocycles. The third-order valence-corrected chi connectivity index (χ3v) is 3.80. The van der Waals surface area contributed by atoms with E-state index in [1.165, 1.54) is 17.6 Å². The molecule has 0 aliphatic rings. The van der Waals surface area contributed by atoms with Crippen molar-refractivity contribution in [2.24, 2.45) is 0 Å². The van der Waals surface area contributed by atoms with Crippen LogP contribution >= 0.6 is 11.3 Å². The van der Waals surface area contributed by atoms with E-state index in [1.54, 1.807) is 0 Å². The largest absolute Gasteiger partial charge is 0.465 e. The average molecular weight is 274 g/mol. The van der Waals surface area contributed by atoms with Gasteiger partial charge in [0, 0.05) is 6.07 Å². The SMILES string of the molecule is COC(=O)c1cc(=O)n2c(nc3cc(C)ccc32)s1. The minimum atomic E-state index is -0.521. The van der Waals surface area contributed by atoms with Gasteiger partial charge in [0.05, 0.1) is 18.1 Å². The van der Waals surface area contributed by atoms with Gasteiger partial charge in [-0.2, -0.15) is 0 Å². The van der Waals surface area contributed by atoms with Gasteiger partial charge in [-0.25, -0.2) is 9.78 Å². The van der Waals surface area contributed by atoms with Crippen LogP contribution in [-0.2, 0) is 4.74 Å². The number of aromatic nitrogens is 2. The van der Waals surface area contributed by atoms with Gasteiger partial charge in [-0.1, -0.05) is 17.4 Å². The lowest BCUT2D eigenvalue weighted by Crippen LogP contribution is -2.13. The maximum atomic E-state index is 12.1. The van der Waals surface area contributed by atoms with Gasteiger partial charge in [-0.3, -0.25) is 9.20 Å². The molecule has 0 atom stereocenters. The summed E-state index contributed by atoms with van der Waals surface area (Å²) < 4.78 is 6.13. The second-order valence-electron chi connectivity index (χ2n) is 4.16. The maximum Gasteiger partial charge on any atom is 0.348 e. The quantitative estimate of drug-likeness (QED) is 0.637. The van der Waals surface area contributed by atoms with Crippen molar-refractivity contribution in [1.29, 1.82) is 0 Å². The van der Waals surface area contributed by atoms with Gasteiger partial charge in [0.1, 0.15) is 4.88 Å². The first-order valence-electron chi connectivity index (χ1n) is 5.61. The van der Waals surface area contributed by atoms with Crippen LogP contribution in [0.4, 0.5) is 0 Å². The Morgan fingerprint density at radius 2 is 2.16 bits per heavy atom. The lowest BCUT2D eigenvalue weighted by atomic mass is 10.2. The molecule has 0 aliphatic carbocycles. The van der Waals surface area contributed by atoms with Crippen molar-refractivity contribution in [3.05, 3.63) is 45.1 Å². The fourth-order valence-corrected chi connectivity index (χ4v) is 2.90. The summed E-state index contributed by atoms with van der Waals surface area (Å²) in [4.78, 5) is 28.7. The zero-order valence-electron chi connectivity index (χ0n) is 10.3. The molecule has 0 spiro atoms. The van der Waals surface area contributed by atoms with E-state index in [0.717, 1.165) is 27.9 Å². The number of ether oxygens (including phenoxy) is 1. The summed E-state index contributed by atoms with van der Waals surface area (Å²) in [5.41, 5.74) is 2.29. The summed E-state index contributed by atoms with van der Waals surface area (Å²) in [5.74, 6) is -0.521. The predicted octanol–water partition coefficient (Wildman–Crippen LogP) is 2.00. The first kappa shape index (κ1) is 11.9. The number of carbonyl (C=O) groups is 1. The van der Waals surface area contributed by atoms with E-state index in [1.807, 2.05) is 25.1 Å². The van der Waals surface area contributed by atoms with Crippen molar-refractivity contribution in [3.8, 4) is 0 Å². The topological polar surface area (TPSA) is 60.7 Å². The summed E-state index contributed by atoms with van der Waals surface area (Å²) in [5, 5.41) is 0. The molecule has 0 radical (unpaired) electrons. The van der Waals surface area contributed by atoms with Gasteiger partial charge in [0.25, 0.3) is 5.56 Å². The lowest BCUT2D eigenvalue weighted by Gasteiger charge is -1.98. The monoisotopic (exact) mass is 274 g/mol. The zero-order chi connectivity index (χ0) is 13.6. The fraction of sp³-hybridized carbons (Fsp3) is 0.154. The Morgan fingerprint density at radius 3 is 2.89 bits per heavy atom. The third kappa shape index (κ3) is 1.80. The molecular formula is C13H10N2O3S. The highest BCUT2D eigenvalue weighted by molar-refractivity contribution is 7.18. The minimum absolute atomic E-state index is 0.257. The van der Waals surface area contributed by atoms with Crippen molar-refractivity contribution >= 4 is 33.3 Å². The second-order valence-corrected chi connectivity index (χ2v) is 5.17. The highest BCUT2D eigenvalue weighted by Crippen LogP contribution is 2.20. The summed E-state index contributed by atoms with van der Waals surface area (Å²) >= 11 is 1.14. The average Bonchev–Trinajstić information content (AvgIpc) is 2.75. The predicted molar refractivity (Wildman–Crippen MR) is 72.9 cm³/mol. The molecule has 3 aromatic rings. The number of hydrogen-bond acceptors (Lipinski definition) is 5. The first-order chi connectivity index (χ1) is 9.10. The Balaban J connectivity index is 2.41. The number of hydrogen-bond donors (Lipinski definition) is 0. The van der Waals surface area contributed by atoms with Crippen LogP contribution in [0.15, 0.2) is 29.1 Å². The number of imidazole rings is 1. The number of nitrogens with zero attached hydrogens (tertiary/aromatic N) is 2. The molecule has 0 fully saturated rings. The van der Waals surface area contributed by atoms with Gasteiger partial charge >= 0.3 is 5.97 Å². The minimum Gasteiger partial charge on any atom is -0.465 e. The van der Waals surface area contributed by atoms with Crippen LogP contribution in [0, 0.1) is 6.92 Å². The molecular weight excluding hydrogens is 264 g/mol.